The van der Waals surface area contributed by atoms with E-state index in [4.69, 9.17) is 17.3 Å². The molecule has 0 fully saturated rings. The first-order chi connectivity index (χ1) is 9.08. The number of carbonyl (C=O) groups excluding carboxylic acids is 1. The summed E-state index contributed by atoms with van der Waals surface area (Å²) in [6.07, 6.45) is 1.63. The molecule has 0 saturated heterocycles. The molecule has 0 aliphatic heterocycles. The van der Waals surface area contributed by atoms with Crippen LogP contribution in [0.1, 0.15) is 21.5 Å². The predicted molar refractivity (Wildman–Crippen MR) is 78.4 cm³/mol. The zero-order valence-corrected chi connectivity index (χ0v) is 11.2. The fraction of sp³-hybridized carbons (Fsp3) is 0.0667. The van der Waals surface area contributed by atoms with E-state index in [1.165, 1.54) is 0 Å². The average Bonchev–Trinajstić information content (AvgIpc) is 2.38. The van der Waals surface area contributed by atoms with Crippen molar-refractivity contribution in [3.8, 4) is 0 Å². The van der Waals surface area contributed by atoms with Crippen LogP contribution in [0.25, 0.3) is 0 Å². The lowest BCUT2D eigenvalue weighted by atomic mass is 10.1. The number of hydrogen-bond acceptors (Lipinski definition) is 2. The van der Waals surface area contributed by atoms with Crippen LogP contribution in [0.2, 0.25) is 5.02 Å². The second-order valence-electron chi connectivity index (χ2n) is 4.16. The summed E-state index contributed by atoms with van der Waals surface area (Å²) in [6.45, 7) is 1.97. The lowest BCUT2D eigenvalue weighted by Crippen LogP contribution is -2.10. The maximum atomic E-state index is 11.3. The molecule has 4 heteroatoms. The molecule has 3 nitrogen and oxygen atoms in total. The van der Waals surface area contributed by atoms with Crippen molar-refractivity contribution in [2.45, 2.75) is 6.92 Å². The molecular formula is C15H13ClN2O. The Bertz CT molecular complexity index is 650. The lowest BCUT2D eigenvalue weighted by molar-refractivity contribution is 0.100. The molecule has 0 bridgehead atoms. The summed E-state index contributed by atoms with van der Waals surface area (Å²) in [5.41, 5.74) is 8.10. The van der Waals surface area contributed by atoms with E-state index in [9.17, 15) is 4.79 Å². The van der Waals surface area contributed by atoms with Gasteiger partial charge in [-0.2, -0.15) is 0 Å². The van der Waals surface area contributed by atoms with Gasteiger partial charge in [-0.25, -0.2) is 0 Å². The number of hydrogen-bond donors (Lipinski definition) is 1. The van der Waals surface area contributed by atoms with Gasteiger partial charge < -0.3 is 5.73 Å². The minimum atomic E-state index is -0.497. The zero-order chi connectivity index (χ0) is 13.8. The summed E-state index contributed by atoms with van der Waals surface area (Å²) in [5.74, 6) is -0.497. The van der Waals surface area contributed by atoms with E-state index in [1.807, 2.05) is 25.1 Å². The highest BCUT2D eigenvalue weighted by molar-refractivity contribution is 6.33. The van der Waals surface area contributed by atoms with Gasteiger partial charge in [-0.1, -0.05) is 35.9 Å². The third-order valence-electron chi connectivity index (χ3n) is 2.67. The van der Waals surface area contributed by atoms with Gasteiger partial charge in [0.15, 0.2) is 0 Å². The van der Waals surface area contributed by atoms with Gasteiger partial charge in [0.25, 0.3) is 5.91 Å². The molecule has 2 aromatic rings. The van der Waals surface area contributed by atoms with Crippen molar-refractivity contribution in [1.82, 2.24) is 0 Å². The maximum absolute atomic E-state index is 11.3. The van der Waals surface area contributed by atoms with Crippen LogP contribution in [0.5, 0.6) is 0 Å². The lowest BCUT2D eigenvalue weighted by Gasteiger charge is -2.02. The van der Waals surface area contributed by atoms with Crippen LogP contribution in [-0.4, -0.2) is 12.1 Å². The molecule has 0 aromatic heterocycles. The number of benzene rings is 2. The maximum Gasteiger partial charge on any atom is 0.250 e. The van der Waals surface area contributed by atoms with Crippen molar-refractivity contribution in [2.24, 2.45) is 10.7 Å². The number of halogens is 1. The Labute approximate surface area is 116 Å². The third kappa shape index (κ3) is 3.20. The van der Waals surface area contributed by atoms with E-state index in [1.54, 1.807) is 30.5 Å². The fourth-order valence-corrected chi connectivity index (χ4v) is 1.95. The summed E-state index contributed by atoms with van der Waals surface area (Å²) in [6, 6.07) is 12.6. The molecule has 0 radical (unpaired) electrons. The van der Waals surface area contributed by atoms with Crippen LogP contribution >= 0.6 is 11.6 Å². The third-order valence-corrected chi connectivity index (χ3v) is 3.00. The quantitative estimate of drug-likeness (QED) is 0.854. The van der Waals surface area contributed by atoms with Crippen molar-refractivity contribution in [2.75, 3.05) is 0 Å². The van der Waals surface area contributed by atoms with Crippen LogP contribution in [0, 0.1) is 6.92 Å². The number of aliphatic imine (C=N–C) groups is 1. The molecule has 0 spiro atoms. The zero-order valence-electron chi connectivity index (χ0n) is 10.4. The van der Waals surface area contributed by atoms with Gasteiger partial charge in [0, 0.05) is 16.8 Å². The number of amides is 1. The van der Waals surface area contributed by atoms with E-state index in [-0.39, 0.29) is 0 Å². The van der Waals surface area contributed by atoms with Gasteiger partial charge in [-0.3, -0.25) is 9.79 Å². The minimum absolute atomic E-state index is 0.391. The monoisotopic (exact) mass is 272 g/mol. The molecule has 2 rings (SSSR count). The number of rotatable bonds is 3. The summed E-state index contributed by atoms with van der Waals surface area (Å²) in [5, 5.41) is 0.625. The van der Waals surface area contributed by atoms with Gasteiger partial charge in [-0.05, 0) is 30.7 Å². The highest BCUT2D eigenvalue weighted by Crippen LogP contribution is 2.20. The van der Waals surface area contributed by atoms with Gasteiger partial charge in [0.1, 0.15) is 0 Å². The summed E-state index contributed by atoms with van der Waals surface area (Å²) in [7, 11) is 0. The van der Waals surface area contributed by atoms with Crippen molar-refractivity contribution < 1.29 is 4.79 Å². The van der Waals surface area contributed by atoms with Gasteiger partial charge in [0.05, 0.1) is 11.3 Å². The van der Waals surface area contributed by atoms with E-state index < -0.39 is 5.91 Å². The van der Waals surface area contributed by atoms with E-state index in [0.717, 1.165) is 11.1 Å². The Kier molecular flexibility index (Phi) is 3.97. The summed E-state index contributed by atoms with van der Waals surface area (Å²) in [4.78, 5) is 15.5. The number of primary amides is 1. The summed E-state index contributed by atoms with van der Waals surface area (Å²) >= 11 is 6.12. The second-order valence-corrected chi connectivity index (χ2v) is 4.57. The Morgan fingerprint density at radius 2 is 2.00 bits per heavy atom. The summed E-state index contributed by atoms with van der Waals surface area (Å²) < 4.78 is 0. The van der Waals surface area contributed by atoms with Crippen molar-refractivity contribution in [3.05, 3.63) is 64.2 Å². The highest BCUT2D eigenvalue weighted by Gasteiger charge is 2.05. The number of nitrogens with zero attached hydrogens (tertiary/aromatic N) is 1. The van der Waals surface area contributed by atoms with Gasteiger partial charge >= 0.3 is 0 Å². The van der Waals surface area contributed by atoms with Gasteiger partial charge in [-0.15, -0.1) is 0 Å². The SMILES string of the molecule is Cc1ccc(C=Nc2ccccc2C(N)=O)c(Cl)c1. The molecular weight excluding hydrogens is 260 g/mol. The van der Waals surface area contributed by atoms with Crippen LogP contribution < -0.4 is 5.73 Å². The molecule has 0 atom stereocenters. The smallest absolute Gasteiger partial charge is 0.250 e. The number of para-hydroxylation sites is 1. The Hall–Kier alpha value is -2.13. The molecule has 0 saturated carbocycles. The van der Waals surface area contributed by atoms with Crippen LogP contribution in [0.3, 0.4) is 0 Å². The molecule has 0 aliphatic rings. The largest absolute Gasteiger partial charge is 0.366 e. The first-order valence-corrected chi connectivity index (χ1v) is 6.15. The standard InChI is InChI=1S/C15H13ClN2O/c1-10-6-7-11(13(16)8-10)9-18-14-5-3-2-4-12(14)15(17)19/h2-9H,1H3,(H2,17,19). The average molecular weight is 273 g/mol. The van der Waals surface area contributed by atoms with E-state index in [2.05, 4.69) is 4.99 Å². The number of aryl methyl sites for hydroxylation is 1. The van der Waals surface area contributed by atoms with Crippen molar-refractivity contribution in [1.29, 1.82) is 0 Å². The first kappa shape index (κ1) is 13.3. The number of carbonyl (C=O) groups is 1. The Morgan fingerprint density at radius 3 is 2.68 bits per heavy atom. The Balaban J connectivity index is 2.35. The fourth-order valence-electron chi connectivity index (χ4n) is 1.67. The predicted octanol–water partition coefficient (Wildman–Crippen LogP) is 3.50. The second kappa shape index (κ2) is 5.67. The normalized spacial score (nSPS) is 10.8. The van der Waals surface area contributed by atoms with E-state index in [0.29, 0.717) is 16.3 Å². The van der Waals surface area contributed by atoms with Gasteiger partial charge in [0.2, 0.25) is 0 Å². The van der Waals surface area contributed by atoms with Crippen molar-refractivity contribution >= 4 is 29.4 Å². The van der Waals surface area contributed by atoms with Crippen LogP contribution in [0.4, 0.5) is 5.69 Å². The van der Waals surface area contributed by atoms with E-state index >= 15 is 0 Å². The van der Waals surface area contributed by atoms with Crippen LogP contribution in [-0.2, 0) is 0 Å². The molecule has 96 valence electrons. The highest BCUT2D eigenvalue weighted by atomic mass is 35.5. The van der Waals surface area contributed by atoms with Crippen LogP contribution in [0.15, 0.2) is 47.5 Å². The van der Waals surface area contributed by atoms with Crippen molar-refractivity contribution in [3.63, 3.8) is 0 Å². The minimum Gasteiger partial charge on any atom is -0.366 e. The molecule has 19 heavy (non-hydrogen) atoms. The molecule has 1 amide bonds. The molecule has 0 aliphatic carbocycles. The molecule has 0 unspecified atom stereocenters. The number of nitrogens with two attached hydrogens (primary N) is 1. The molecule has 2 N–H and O–H groups in total. The topological polar surface area (TPSA) is 55.4 Å². The molecule has 2 aromatic carbocycles. The Morgan fingerprint density at radius 1 is 1.26 bits per heavy atom. The first-order valence-electron chi connectivity index (χ1n) is 5.77. The molecule has 0 heterocycles.